The number of hydrogen-bond acceptors (Lipinski definition) is 7. The molecular formula is C22H21FN2O6. The highest BCUT2D eigenvalue weighted by atomic mass is 19.1. The molecule has 0 amide bonds. The molecule has 0 saturated carbocycles. The summed E-state index contributed by atoms with van der Waals surface area (Å²) in [5.74, 6) is -0.115. The van der Waals surface area contributed by atoms with Gasteiger partial charge >= 0.3 is 5.69 Å². The number of aromatic nitrogens is 1. The Labute approximate surface area is 177 Å². The monoisotopic (exact) mass is 428 g/mol. The van der Waals surface area contributed by atoms with Gasteiger partial charge < -0.3 is 14.0 Å². The van der Waals surface area contributed by atoms with E-state index in [0.717, 1.165) is 0 Å². The van der Waals surface area contributed by atoms with Crippen LogP contribution in [0.2, 0.25) is 0 Å². The summed E-state index contributed by atoms with van der Waals surface area (Å²) in [6.45, 7) is 1.49. The average molecular weight is 428 g/mol. The third-order valence-electron chi connectivity index (χ3n) is 4.99. The lowest BCUT2D eigenvalue weighted by Crippen LogP contribution is -2.11. The molecule has 162 valence electrons. The number of carbonyl (C=O) groups excluding carboxylic acids is 1. The molecule has 0 spiro atoms. The number of carbonyl (C=O) groups is 1. The van der Waals surface area contributed by atoms with Crippen molar-refractivity contribution in [3.8, 4) is 11.5 Å². The molecule has 1 aromatic heterocycles. The first-order valence-electron chi connectivity index (χ1n) is 9.44. The number of nitro groups is 1. The Morgan fingerprint density at radius 2 is 1.84 bits per heavy atom. The zero-order valence-electron chi connectivity index (χ0n) is 17.3. The summed E-state index contributed by atoms with van der Waals surface area (Å²) < 4.78 is 29.0. The number of nitrogens with zero attached hydrogens (tertiary/aromatic N) is 2. The van der Waals surface area contributed by atoms with Gasteiger partial charge in [0.2, 0.25) is 5.76 Å². The number of rotatable bonds is 9. The van der Waals surface area contributed by atoms with Gasteiger partial charge in [0.15, 0.2) is 23.0 Å². The predicted molar refractivity (Wildman–Crippen MR) is 109 cm³/mol. The summed E-state index contributed by atoms with van der Waals surface area (Å²) in [6, 6.07) is 10.4. The van der Waals surface area contributed by atoms with Crippen molar-refractivity contribution < 1.29 is 28.1 Å². The Bertz CT molecular complexity index is 1090. The van der Waals surface area contributed by atoms with Crippen LogP contribution in [0.1, 0.15) is 39.7 Å². The largest absolute Gasteiger partial charge is 0.493 e. The Morgan fingerprint density at radius 3 is 2.45 bits per heavy atom. The fourth-order valence-corrected chi connectivity index (χ4v) is 3.40. The van der Waals surface area contributed by atoms with E-state index < -0.39 is 16.7 Å². The summed E-state index contributed by atoms with van der Waals surface area (Å²) in [5, 5.41) is 15.2. The Balaban J connectivity index is 1.98. The van der Waals surface area contributed by atoms with Crippen molar-refractivity contribution in [2.75, 3.05) is 14.2 Å². The summed E-state index contributed by atoms with van der Waals surface area (Å²) >= 11 is 0. The van der Waals surface area contributed by atoms with E-state index in [0.29, 0.717) is 22.6 Å². The van der Waals surface area contributed by atoms with Crippen molar-refractivity contribution in [2.24, 2.45) is 0 Å². The SMILES string of the molecule is COc1ccc([C@H](CC(=O)c2ccc(F)cc2)Cc2onc(C)c2[N+](=O)[O-])cc1OC. The van der Waals surface area contributed by atoms with Crippen LogP contribution in [0.3, 0.4) is 0 Å². The van der Waals surface area contributed by atoms with Crippen molar-refractivity contribution in [3.05, 3.63) is 81.0 Å². The minimum Gasteiger partial charge on any atom is -0.493 e. The highest BCUT2D eigenvalue weighted by Crippen LogP contribution is 2.36. The van der Waals surface area contributed by atoms with E-state index >= 15 is 0 Å². The van der Waals surface area contributed by atoms with Crippen LogP contribution in [-0.2, 0) is 6.42 Å². The van der Waals surface area contributed by atoms with E-state index in [9.17, 15) is 19.3 Å². The van der Waals surface area contributed by atoms with Gasteiger partial charge in [0.1, 0.15) is 5.82 Å². The lowest BCUT2D eigenvalue weighted by molar-refractivity contribution is -0.386. The lowest BCUT2D eigenvalue weighted by atomic mass is 9.87. The van der Waals surface area contributed by atoms with Crippen LogP contribution in [0.4, 0.5) is 10.1 Å². The molecule has 1 atom stereocenters. The third kappa shape index (κ3) is 4.88. The van der Waals surface area contributed by atoms with Crippen molar-refractivity contribution in [3.63, 3.8) is 0 Å². The Morgan fingerprint density at radius 1 is 1.16 bits per heavy atom. The van der Waals surface area contributed by atoms with Gasteiger partial charge in [-0.2, -0.15) is 0 Å². The lowest BCUT2D eigenvalue weighted by Gasteiger charge is -2.17. The van der Waals surface area contributed by atoms with Gasteiger partial charge in [0, 0.05) is 18.4 Å². The summed E-state index contributed by atoms with van der Waals surface area (Å²) in [4.78, 5) is 23.8. The molecule has 3 rings (SSSR count). The predicted octanol–water partition coefficient (Wildman–Crippen LogP) is 4.65. The minimum absolute atomic E-state index is 0.0119. The number of ketones is 1. The van der Waals surface area contributed by atoms with Crippen molar-refractivity contribution in [1.82, 2.24) is 5.16 Å². The maximum Gasteiger partial charge on any atom is 0.334 e. The van der Waals surface area contributed by atoms with Gasteiger partial charge in [-0.1, -0.05) is 11.2 Å². The van der Waals surface area contributed by atoms with Crippen LogP contribution in [0.5, 0.6) is 11.5 Å². The fourth-order valence-electron chi connectivity index (χ4n) is 3.40. The molecule has 31 heavy (non-hydrogen) atoms. The first-order valence-corrected chi connectivity index (χ1v) is 9.44. The molecule has 1 heterocycles. The zero-order valence-corrected chi connectivity index (χ0v) is 17.3. The van der Waals surface area contributed by atoms with E-state index in [1.54, 1.807) is 18.2 Å². The van der Waals surface area contributed by atoms with Crippen LogP contribution in [0.25, 0.3) is 0 Å². The molecule has 3 aromatic rings. The standard InChI is InChI=1S/C22H21FN2O6/c1-13-22(25(27)28)21(31-24-13)12-16(10-18(26)14-4-7-17(23)8-5-14)15-6-9-19(29-2)20(11-15)30-3/h4-9,11,16H,10,12H2,1-3H3/t16-/m1/s1. The Kier molecular flexibility index (Phi) is 6.64. The van der Waals surface area contributed by atoms with E-state index in [4.69, 9.17) is 14.0 Å². The van der Waals surface area contributed by atoms with Crippen LogP contribution in [0, 0.1) is 22.9 Å². The van der Waals surface area contributed by atoms with Crippen molar-refractivity contribution >= 4 is 11.5 Å². The molecule has 8 nitrogen and oxygen atoms in total. The maximum absolute atomic E-state index is 13.2. The molecule has 0 fully saturated rings. The first-order chi connectivity index (χ1) is 14.8. The quantitative estimate of drug-likeness (QED) is 0.278. The molecule has 0 N–H and O–H groups in total. The summed E-state index contributed by atoms with van der Waals surface area (Å²) in [6.07, 6.45) is 0.0809. The van der Waals surface area contributed by atoms with E-state index in [1.165, 1.54) is 45.4 Å². The average Bonchev–Trinajstić information content (AvgIpc) is 3.13. The van der Waals surface area contributed by atoms with E-state index in [2.05, 4.69) is 5.16 Å². The molecule has 0 radical (unpaired) electrons. The van der Waals surface area contributed by atoms with Crippen molar-refractivity contribution in [2.45, 2.75) is 25.7 Å². The van der Waals surface area contributed by atoms with Gasteiger partial charge in [-0.25, -0.2) is 4.39 Å². The normalized spacial score (nSPS) is 11.7. The van der Waals surface area contributed by atoms with Gasteiger partial charge in [0.25, 0.3) is 0 Å². The second-order valence-electron chi connectivity index (χ2n) is 6.95. The number of methoxy groups -OCH3 is 2. The minimum atomic E-state index is -0.547. The van der Waals surface area contributed by atoms with Crippen LogP contribution in [0.15, 0.2) is 47.0 Å². The number of benzene rings is 2. The molecular weight excluding hydrogens is 407 g/mol. The van der Waals surface area contributed by atoms with Gasteiger partial charge in [-0.3, -0.25) is 14.9 Å². The number of Topliss-reactive ketones (excluding diaryl/α,β-unsaturated/α-hetero) is 1. The molecule has 9 heteroatoms. The van der Waals surface area contributed by atoms with Crippen LogP contribution >= 0.6 is 0 Å². The van der Waals surface area contributed by atoms with Gasteiger partial charge in [-0.05, 0) is 54.8 Å². The third-order valence-corrected chi connectivity index (χ3v) is 4.99. The molecule has 0 bridgehead atoms. The second kappa shape index (κ2) is 9.38. The van der Waals surface area contributed by atoms with Gasteiger partial charge in [0.05, 0.1) is 19.1 Å². The molecule has 0 saturated heterocycles. The van der Waals surface area contributed by atoms with E-state index in [-0.39, 0.29) is 35.8 Å². The molecule has 0 aliphatic carbocycles. The van der Waals surface area contributed by atoms with Gasteiger partial charge in [-0.15, -0.1) is 0 Å². The van der Waals surface area contributed by atoms with E-state index in [1.807, 2.05) is 0 Å². The topological polar surface area (TPSA) is 105 Å². The molecule has 0 unspecified atom stereocenters. The first kappa shape index (κ1) is 21.9. The summed E-state index contributed by atoms with van der Waals surface area (Å²) in [5.41, 5.74) is 1.00. The second-order valence-corrected chi connectivity index (χ2v) is 6.95. The summed E-state index contributed by atoms with van der Waals surface area (Å²) in [7, 11) is 3.00. The smallest absolute Gasteiger partial charge is 0.334 e. The Hall–Kier alpha value is -3.75. The molecule has 2 aromatic carbocycles. The number of hydrogen-bond donors (Lipinski definition) is 0. The number of ether oxygens (including phenoxy) is 2. The highest BCUT2D eigenvalue weighted by Gasteiger charge is 2.29. The maximum atomic E-state index is 13.2. The number of halogens is 1. The fraction of sp³-hybridized carbons (Fsp3) is 0.273. The van der Waals surface area contributed by atoms with Crippen molar-refractivity contribution in [1.29, 1.82) is 0 Å². The van der Waals surface area contributed by atoms with Crippen LogP contribution < -0.4 is 9.47 Å². The molecule has 0 aliphatic heterocycles. The zero-order chi connectivity index (χ0) is 22.5. The number of aryl methyl sites for hydroxylation is 1. The molecule has 0 aliphatic rings. The van der Waals surface area contributed by atoms with Crippen LogP contribution in [-0.4, -0.2) is 30.1 Å². The highest BCUT2D eigenvalue weighted by molar-refractivity contribution is 5.96.